The number of unbranched alkanes of at least 4 members (excludes halogenated alkanes) is 1. The van der Waals surface area contributed by atoms with Gasteiger partial charge in [0, 0.05) is 23.9 Å². The molecule has 0 saturated heterocycles. The fourth-order valence-corrected chi connectivity index (χ4v) is 3.48. The summed E-state index contributed by atoms with van der Waals surface area (Å²) < 4.78 is 0. The number of aromatic amines is 1. The van der Waals surface area contributed by atoms with Crippen LogP contribution in [0.25, 0.3) is 10.9 Å². The van der Waals surface area contributed by atoms with E-state index in [1.807, 2.05) is 24.3 Å². The zero-order valence-electron chi connectivity index (χ0n) is 12.8. The predicted octanol–water partition coefficient (Wildman–Crippen LogP) is 2.24. The minimum Gasteiger partial charge on any atom is -0.481 e. The van der Waals surface area contributed by atoms with E-state index in [2.05, 4.69) is 10.3 Å². The highest BCUT2D eigenvalue weighted by atomic mass is 16.4. The van der Waals surface area contributed by atoms with E-state index in [0.717, 1.165) is 22.9 Å². The van der Waals surface area contributed by atoms with Crippen molar-refractivity contribution < 1.29 is 19.8 Å². The van der Waals surface area contributed by atoms with Crippen LogP contribution < -0.4 is 5.32 Å². The number of hydrogen-bond donors (Lipinski definition) is 4. The van der Waals surface area contributed by atoms with Gasteiger partial charge < -0.3 is 15.2 Å². The van der Waals surface area contributed by atoms with E-state index in [9.17, 15) is 14.7 Å². The molecule has 122 valence electrons. The molecule has 2 heterocycles. The summed E-state index contributed by atoms with van der Waals surface area (Å²) in [6, 6.07) is 7.83. The van der Waals surface area contributed by atoms with Crippen LogP contribution in [0.1, 0.15) is 36.9 Å². The van der Waals surface area contributed by atoms with Crippen LogP contribution in [0, 0.1) is 0 Å². The Kier molecular flexibility index (Phi) is 4.09. The SMILES string of the molecule is O=C(O)CCCCC1(C(=O)O)NCCc2c1[nH]c1ccccc21. The molecule has 6 heteroatoms. The van der Waals surface area contributed by atoms with Crippen molar-refractivity contribution in [2.24, 2.45) is 0 Å². The molecule has 1 unspecified atom stereocenters. The largest absolute Gasteiger partial charge is 0.481 e. The van der Waals surface area contributed by atoms with Crippen LogP contribution in [0.4, 0.5) is 0 Å². The monoisotopic (exact) mass is 316 g/mol. The summed E-state index contributed by atoms with van der Waals surface area (Å²) >= 11 is 0. The Labute approximate surface area is 133 Å². The number of H-pyrrole nitrogens is 1. The Bertz CT molecular complexity index is 752. The summed E-state index contributed by atoms with van der Waals surface area (Å²) in [7, 11) is 0. The number of para-hydroxylation sites is 1. The van der Waals surface area contributed by atoms with E-state index in [-0.39, 0.29) is 6.42 Å². The molecule has 0 fully saturated rings. The number of aromatic nitrogens is 1. The molecule has 0 aliphatic carbocycles. The molecular weight excluding hydrogens is 296 g/mol. The van der Waals surface area contributed by atoms with Crippen LogP contribution in [0.2, 0.25) is 0 Å². The molecular formula is C17H20N2O4. The fourth-order valence-electron chi connectivity index (χ4n) is 3.48. The van der Waals surface area contributed by atoms with Crippen LogP contribution in [0.3, 0.4) is 0 Å². The third-order valence-corrected chi connectivity index (χ3v) is 4.60. The number of carboxylic acid groups (broad SMARTS) is 2. The first-order chi connectivity index (χ1) is 11.0. The van der Waals surface area contributed by atoms with Crippen LogP contribution in [-0.4, -0.2) is 33.7 Å². The van der Waals surface area contributed by atoms with Gasteiger partial charge in [-0.15, -0.1) is 0 Å². The second-order valence-corrected chi connectivity index (χ2v) is 6.01. The fraction of sp³-hybridized carbons (Fsp3) is 0.412. The summed E-state index contributed by atoms with van der Waals surface area (Å²) in [5, 5.41) is 22.8. The molecule has 23 heavy (non-hydrogen) atoms. The van der Waals surface area contributed by atoms with Gasteiger partial charge in [0.1, 0.15) is 0 Å². The van der Waals surface area contributed by atoms with Crippen LogP contribution >= 0.6 is 0 Å². The molecule has 1 aliphatic heterocycles. The summed E-state index contributed by atoms with van der Waals surface area (Å²) in [6.45, 7) is 0.597. The van der Waals surface area contributed by atoms with Crippen molar-refractivity contribution in [1.29, 1.82) is 0 Å². The molecule has 1 aromatic heterocycles. The molecule has 1 aromatic carbocycles. The van der Waals surface area contributed by atoms with Gasteiger partial charge in [-0.05, 0) is 30.9 Å². The highest BCUT2D eigenvalue weighted by Crippen LogP contribution is 2.37. The molecule has 1 aliphatic rings. The molecule has 0 radical (unpaired) electrons. The Morgan fingerprint density at radius 2 is 1.96 bits per heavy atom. The molecule has 3 rings (SSSR count). The van der Waals surface area contributed by atoms with Crippen LogP contribution in [0.15, 0.2) is 24.3 Å². The third kappa shape index (κ3) is 2.70. The standard InChI is InChI=1S/C17H20N2O4/c20-14(21)7-3-4-9-17(16(22)23)15-12(8-10-18-17)11-5-1-2-6-13(11)19-15/h1-2,5-6,18-19H,3-4,7-10H2,(H,20,21)(H,22,23). The van der Waals surface area contributed by atoms with Crippen molar-refractivity contribution in [3.8, 4) is 0 Å². The minimum atomic E-state index is -1.16. The van der Waals surface area contributed by atoms with E-state index < -0.39 is 17.5 Å². The second kappa shape index (κ2) is 6.04. The molecule has 4 N–H and O–H groups in total. The number of fused-ring (bicyclic) bond motifs is 3. The van der Waals surface area contributed by atoms with Crippen molar-refractivity contribution in [2.75, 3.05) is 6.54 Å². The Balaban J connectivity index is 1.95. The lowest BCUT2D eigenvalue weighted by molar-refractivity contribution is -0.146. The second-order valence-electron chi connectivity index (χ2n) is 6.01. The Morgan fingerprint density at radius 3 is 2.70 bits per heavy atom. The van der Waals surface area contributed by atoms with Crippen molar-refractivity contribution in [1.82, 2.24) is 10.3 Å². The lowest BCUT2D eigenvalue weighted by atomic mass is 9.82. The number of hydrogen-bond acceptors (Lipinski definition) is 3. The average molecular weight is 316 g/mol. The van der Waals surface area contributed by atoms with Gasteiger partial charge in [-0.2, -0.15) is 0 Å². The Morgan fingerprint density at radius 1 is 1.17 bits per heavy atom. The number of rotatable bonds is 6. The molecule has 0 bridgehead atoms. The summed E-state index contributed by atoms with van der Waals surface area (Å²) in [4.78, 5) is 26.0. The zero-order chi connectivity index (χ0) is 16.4. The quantitative estimate of drug-likeness (QED) is 0.612. The van der Waals surface area contributed by atoms with Gasteiger partial charge in [0.15, 0.2) is 5.54 Å². The van der Waals surface area contributed by atoms with Gasteiger partial charge in [0.05, 0.1) is 5.69 Å². The number of nitrogens with one attached hydrogen (secondary N) is 2. The van der Waals surface area contributed by atoms with Gasteiger partial charge in [-0.25, -0.2) is 4.79 Å². The molecule has 0 amide bonds. The van der Waals surface area contributed by atoms with E-state index in [1.54, 1.807) is 0 Å². The van der Waals surface area contributed by atoms with E-state index in [0.29, 0.717) is 31.5 Å². The maximum atomic E-state index is 12.0. The van der Waals surface area contributed by atoms with Crippen molar-refractivity contribution in [3.63, 3.8) is 0 Å². The zero-order valence-corrected chi connectivity index (χ0v) is 12.8. The van der Waals surface area contributed by atoms with Crippen LogP contribution in [0.5, 0.6) is 0 Å². The van der Waals surface area contributed by atoms with E-state index in [1.165, 1.54) is 0 Å². The van der Waals surface area contributed by atoms with E-state index in [4.69, 9.17) is 5.11 Å². The highest BCUT2D eigenvalue weighted by Gasteiger charge is 2.44. The first-order valence-corrected chi connectivity index (χ1v) is 7.85. The van der Waals surface area contributed by atoms with E-state index >= 15 is 0 Å². The average Bonchev–Trinajstić information content (AvgIpc) is 2.91. The van der Waals surface area contributed by atoms with Gasteiger partial charge in [0.25, 0.3) is 0 Å². The molecule has 0 spiro atoms. The summed E-state index contributed by atoms with van der Waals surface area (Å²) in [5.74, 6) is -1.77. The smallest absolute Gasteiger partial charge is 0.330 e. The maximum absolute atomic E-state index is 12.0. The lowest BCUT2D eigenvalue weighted by Crippen LogP contribution is -2.53. The maximum Gasteiger partial charge on any atom is 0.330 e. The third-order valence-electron chi connectivity index (χ3n) is 4.60. The number of aliphatic carboxylic acids is 2. The number of carbonyl (C=O) groups is 2. The molecule has 0 saturated carbocycles. The number of benzene rings is 1. The predicted molar refractivity (Wildman–Crippen MR) is 85.4 cm³/mol. The highest BCUT2D eigenvalue weighted by molar-refractivity contribution is 5.90. The van der Waals surface area contributed by atoms with Gasteiger partial charge in [0.2, 0.25) is 0 Å². The lowest BCUT2D eigenvalue weighted by Gasteiger charge is -2.34. The van der Waals surface area contributed by atoms with Gasteiger partial charge >= 0.3 is 11.9 Å². The molecule has 2 aromatic rings. The minimum absolute atomic E-state index is 0.0647. The molecule has 6 nitrogen and oxygen atoms in total. The first kappa shape index (κ1) is 15.6. The van der Waals surface area contributed by atoms with Gasteiger partial charge in [-0.1, -0.05) is 24.6 Å². The Hall–Kier alpha value is -2.34. The van der Waals surface area contributed by atoms with Crippen molar-refractivity contribution in [2.45, 2.75) is 37.6 Å². The van der Waals surface area contributed by atoms with Crippen LogP contribution in [-0.2, 0) is 21.5 Å². The summed E-state index contributed by atoms with van der Waals surface area (Å²) in [6.07, 6.45) is 2.23. The molecule has 1 atom stereocenters. The van der Waals surface area contributed by atoms with Gasteiger partial charge in [-0.3, -0.25) is 10.1 Å². The number of carboxylic acids is 2. The normalized spacial score (nSPS) is 20.3. The summed E-state index contributed by atoms with van der Waals surface area (Å²) in [5.41, 5.74) is 1.55. The van der Waals surface area contributed by atoms with Crippen molar-refractivity contribution in [3.05, 3.63) is 35.5 Å². The topological polar surface area (TPSA) is 102 Å². The van der Waals surface area contributed by atoms with Crippen molar-refractivity contribution >= 4 is 22.8 Å². The first-order valence-electron chi connectivity index (χ1n) is 7.85.